The Bertz CT molecular complexity index is 773. The molecule has 0 fully saturated rings. The van der Waals surface area contributed by atoms with Crippen molar-refractivity contribution in [3.8, 4) is 28.6 Å². The average molecular weight is 331 g/mol. The van der Waals surface area contributed by atoms with Crippen LogP contribution >= 0.6 is 0 Å². The molecule has 0 radical (unpaired) electrons. The molecular formula is C17H17NO6. The molecule has 0 amide bonds. The average Bonchev–Trinajstić information content (AvgIpc) is 3.09. The van der Waals surface area contributed by atoms with E-state index in [4.69, 9.17) is 23.8 Å². The van der Waals surface area contributed by atoms with Gasteiger partial charge in [-0.2, -0.15) is 0 Å². The van der Waals surface area contributed by atoms with Crippen LogP contribution in [-0.2, 0) is 12.8 Å². The SMILES string of the molecule is COc1c2c(c(-c3cc(C(=O)O)no3)c3c1OCCC3)OCCC2. The Morgan fingerprint density at radius 1 is 1.17 bits per heavy atom. The lowest BCUT2D eigenvalue weighted by Gasteiger charge is -2.29. The molecule has 7 nitrogen and oxygen atoms in total. The van der Waals surface area contributed by atoms with Crippen molar-refractivity contribution >= 4 is 5.97 Å². The number of methoxy groups -OCH3 is 1. The molecule has 1 aromatic heterocycles. The molecule has 0 saturated carbocycles. The number of aromatic carboxylic acids is 1. The highest BCUT2D eigenvalue weighted by Gasteiger charge is 2.32. The van der Waals surface area contributed by atoms with Crippen LogP contribution in [0.15, 0.2) is 10.6 Å². The molecule has 0 bridgehead atoms. The Morgan fingerprint density at radius 2 is 1.88 bits per heavy atom. The molecule has 1 N–H and O–H groups in total. The zero-order valence-corrected chi connectivity index (χ0v) is 13.3. The molecule has 0 atom stereocenters. The van der Waals surface area contributed by atoms with Gasteiger partial charge in [0.15, 0.2) is 23.0 Å². The predicted molar refractivity (Wildman–Crippen MR) is 83.1 cm³/mol. The minimum atomic E-state index is -1.13. The number of ether oxygens (including phenoxy) is 3. The van der Waals surface area contributed by atoms with Crippen molar-refractivity contribution in [1.29, 1.82) is 0 Å². The van der Waals surface area contributed by atoms with E-state index in [-0.39, 0.29) is 5.69 Å². The van der Waals surface area contributed by atoms with Gasteiger partial charge < -0.3 is 23.8 Å². The van der Waals surface area contributed by atoms with Crippen LogP contribution in [0.1, 0.15) is 34.5 Å². The van der Waals surface area contributed by atoms with Gasteiger partial charge in [0.2, 0.25) is 0 Å². The van der Waals surface area contributed by atoms with E-state index in [9.17, 15) is 4.79 Å². The number of carboxylic acid groups (broad SMARTS) is 1. The van der Waals surface area contributed by atoms with E-state index in [1.807, 2.05) is 0 Å². The van der Waals surface area contributed by atoms with E-state index >= 15 is 0 Å². The Balaban J connectivity index is 1.99. The molecule has 4 rings (SSSR count). The topological polar surface area (TPSA) is 91.0 Å². The molecule has 0 saturated heterocycles. The number of fused-ring (bicyclic) bond motifs is 2. The van der Waals surface area contributed by atoms with Gasteiger partial charge in [-0.1, -0.05) is 5.16 Å². The van der Waals surface area contributed by atoms with E-state index in [2.05, 4.69) is 5.16 Å². The number of benzene rings is 1. The minimum Gasteiger partial charge on any atom is -0.492 e. The summed E-state index contributed by atoms with van der Waals surface area (Å²) in [6.45, 7) is 1.22. The standard InChI is InChI=1S/C17H17NO6/c1-21-15-10-5-3-6-22-14(10)13(9-4-2-7-23-16(9)15)12-8-11(17(19)20)18-24-12/h8H,2-7H2,1H3,(H,19,20). The number of rotatable bonds is 3. The lowest BCUT2D eigenvalue weighted by Crippen LogP contribution is -2.17. The van der Waals surface area contributed by atoms with Crippen LogP contribution in [0.5, 0.6) is 17.2 Å². The molecule has 0 spiro atoms. The molecule has 0 aliphatic carbocycles. The van der Waals surface area contributed by atoms with Crippen LogP contribution in [-0.4, -0.2) is 36.6 Å². The van der Waals surface area contributed by atoms with Gasteiger partial charge in [-0.15, -0.1) is 0 Å². The van der Waals surface area contributed by atoms with E-state index < -0.39 is 5.97 Å². The highest BCUT2D eigenvalue weighted by atomic mass is 16.5. The summed E-state index contributed by atoms with van der Waals surface area (Å²) in [6.07, 6.45) is 3.34. The van der Waals surface area contributed by atoms with Gasteiger partial charge in [-0.3, -0.25) is 0 Å². The Morgan fingerprint density at radius 3 is 2.54 bits per heavy atom. The number of aromatic nitrogens is 1. The third-order valence-electron chi connectivity index (χ3n) is 4.37. The fraction of sp³-hybridized carbons (Fsp3) is 0.412. The Labute approximate surface area is 138 Å². The Kier molecular flexibility index (Phi) is 3.55. The van der Waals surface area contributed by atoms with E-state index in [1.54, 1.807) is 7.11 Å². The maximum Gasteiger partial charge on any atom is 0.358 e. The largest absolute Gasteiger partial charge is 0.492 e. The second kappa shape index (κ2) is 5.74. The molecule has 2 aromatic rings. The maximum atomic E-state index is 11.1. The molecule has 24 heavy (non-hydrogen) atoms. The first-order chi connectivity index (χ1) is 11.7. The second-order valence-corrected chi connectivity index (χ2v) is 5.81. The fourth-order valence-corrected chi connectivity index (χ4v) is 3.37. The zero-order chi connectivity index (χ0) is 16.7. The van der Waals surface area contributed by atoms with Crippen LogP contribution < -0.4 is 14.2 Å². The molecule has 0 unspecified atom stereocenters. The van der Waals surface area contributed by atoms with Crippen molar-refractivity contribution in [2.24, 2.45) is 0 Å². The van der Waals surface area contributed by atoms with E-state index in [0.717, 1.165) is 42.4 Å². The fourth-order valence-electron chi connectivity index (χ4n) is 3.37. The van der Waals surface area contributed by atoms with Crippen molar-refractivity contribution in [3.63, 3.8) is 0 Å². The van der Waals surface area contributed by atoms with Crippen molar-refractivity contribution in [2.75, 3.05) is 20.3 Å². The van der Waals surface area contributed by atoms with Gasteiger partial charge in [-0.05, 0) is 25.7 Å². The molecule has 126 valence electrons. The summed E-state index contributed by atoms with van der Waals surface area (Å²) in [5.41, 5.74) is 2.47. The monoisotopic (exact) mass is 331 g/mol. The molecule has 3 heterocycles. The molecule has 2 aliphatic rings. The summed E-state index contributed by atoms with van der Waals surface area (Å²) in [6, 6.07) is 1.43. The van der Waals surface area contributed by atoms with E-state index in [0.29, 0.717) is 36.2 Å². The highest BCUT2D eigenvalue weighted by molar-refractivity contribution is 5.88. The van der Waals surface area contributed by atoms with E-state index in [1.165, 1.54) is 6.07 Å². The summed E-state index contributed by atoms with van der Waals surface area (Å²) < 4.78 is 22.7. The van der Waals surface area contributed by atoms with Crippen molar-refractivity contribution < 1.29 is 28.6 Å². The number of carboxylic acids is 1. The molecular weight excluding hydrogens is 314 g/mol. The van der Waals surface area contributed by atoms with Crippen LogP contribution in [0.3, 0.4) is 0 Å². The van der Waals surface area contributed by atoms with Crippen LogP contribution in [0, 0.1) is 0 Å². The highest BCUT2D eigenvalue weighted by Crippen LogP contribution is 2.51. The molecule has 2 aliphatic heterocycles. The van der Waals surface area contributed by atoms with Crippen molar-refractivity contribution in [2.45, 2.75) is 25.7 Å². The number of nitrogens with zero attached hydrogens (tertiary/aromatic N) is 1. The first-order valence-electron chi connectivity index (χ1n) is 7.92. The lowest BCUT2D eigenvalue weighted by atomic mass is 9.90. The second-order valence-electron chi connectivity index (χ2n) is 5.81. The molecule has 1 aromatic carbocycles. The van der Waals surface area contributed by atoms with Crippen molar-refractivity contribution in [1.82, 2.24) is 5.16 Å². The van der Waals surface area contributed by atoms with Gasteiger partial charge in [0.05, 0.1) is 25.9 Å². The summed E-state index contributed by atoms with van der Waals surface area (Å²) >= 11 is 0. The van der Waals surface area contributed by atoms with Crippen LogP contribution in [0.4, 0.5) is 0 Å². The first kappa shape index (κ1) is 14.9. The van der Waals surface area contributed by atoms with Gasteiger partial charge in [0.25, 0.3) is 0 Å². The van der Waals surface area contributed by atoms with Gasteiger partial charge in [-0.25, -0.2) is 4.79 Å². The third-order valence-corrected chi connectivity index (χ3v) is 4.37. The normalized spacial score (nSPS) is 15.7. The smallest absolute Gasteiger partial charge is 0.358 e. The van der Waals surface area contributed by atoms with Gasteiger partial charge >= 0.3 is 5.97 Å². The number of carbonyl (C=O) groups is 1. The quantitative estimate of drug-likeness (QED) is 0.924. The lowest BCUT2D eigenvalue weighted by molar-refractivity contribution is 0.0686. The van der Waals surface area contributed by atoms with Gasteiger partial charge in [0, 0.05) is 17.2 Å². The van der Waals surface area contributed by atoms with Gasteiger partial charge in [0.1, 0.15) is 5.75 Å². The number of hydrogen-bond donors (Lipinski definition) is 1. The predicted octanol–water partition coefficient (Wildman–Crippen LogP) is 2.70. The summed E-state index contributed by atoms with van der Waals surface area (Å²) in [7, 11) is 1.62. The summed E-state index contributed by atoms with van der Waals surface area (Å²) in [5, 5.41) is 12.7. The third kappa shape index (κ3) is 2.19. The first-order valence-corrected chi connectivity index (χ1v) is 7.92. The zero-order valence-electron chi connectivity index (χ0n) is 13.3. The van der Waals surface area contributed by atoms with Crippen molar-refractivity contribution in [3.05, 3.63) is 22.9 Å². The summed E-state index contributed by atoms with van der Waals surface area (Å²) in [4.78, 5) is 11.1. The minimum absolute atomic E-state index is 0.129. The summed E-state index contributed by atoms with van der Waals surface area (Å²) in [5.74, 6) is 1.36. The van der Waals surface area contributed by atoms with Crippen LogP contribution in [0.25, 0.3) is 11.3 Å². The molecule has 7 heteroatoms. The maximum absolute atomic E-state index is 11.1. The van der Waals surface area contributed by atoms with Crippen LogP contribution in [0.2, 0.25) is 0 Å². The number of hydrogen-bond acceptors (Lipinski definition) is 6. The Hall–Kier alpha value is -2.70.